The number of amides is 1. The van der Waals surface area contributed by atoms with Gasteiger partial charge in [-0.25, -0.2) is 0 Å². The summed E-state index contributed by atoms with van der Waals surface area (Å²) in [7, 11) is 0. The summed E-state index contributed by atoms with van der Waals surface area (Å²) in [5.41, 5.74) is 5.61. The van der Waals surface area contributed by atoms with Crippen molar-refractivity contribution in [2.75, 3.05) is 13.2 Å². The zero-order valence-electron chi connectivity index (χ0n) is 11.5. The fraction of sp³-hybridized carbons (Fsp3) is 0.429. The molecule has 0 spiro atoms. The molecular formula is C14H18N2O5. The van der Waals surface area contributed by atoms with Gasteiger partial charge in [0.2, 0.25) is 5.91 Å². The first-order valence-corrected chi connectivity index (χ1v) is 6.70. The number of hydrogen-bond acceptors (Lipinski definition) is 5. The molecule has 1 aliphatic rings. The number of carbonyl (C=O) groups is 2. The molecule has 2 unspecified atom stereocenters. The van der Waals surface area contributed by atoms with Crippen LogP contribution in [0.1, 0.15) is 12.8 Å². The van der Waals surface area contributed by atoms with Crippen LogP contribution in [-0.4, -0.2) is 42.3 Å². The van der Waals surface area contributed by atoms with Crippen LogP contribution < -0.4 is 20.5 Å². The summed E-state index contributed by atoms with van der Waals surface area (Å²) < 4.78 is 11.2. The van der Waals surface area contributed by atoms with Gasteiger partial charge in [0.15, 0.2) is 11.5 Å². The predicted octanol–water partition coefficient (Wildman–Crippen LogP) is 0.135. The molecular weight excluding hydrogens is 276 g/mol. The van der Waals surface area contributed by atoms with E-state index in [2.05, 4.69) is 5.32 Å². The van der Waals surface area contributed by atoms with Crippen molar-refractivity contribution < 1.29 is 24.2 Å². The first-order chi connectivity index (χ1) is 10.1. The number of carboxylic acid groups (broad SMARTS) is 1. The Morgan fingerprint density at radius 2 is 2.10 bits per heavy atom. The van der Waals surface area contributed by atoms with Crippen LogP contribution in [-0.2, 0) is 9.59 Å². The highest BCUT2D eigenvalue weighted by molar-refractivity contribution is 5.82. The molecule has 0 aliphatic carbocycles. The zero-order valence-corrected chi connectivity index (χ0v) is 11.5. The average Bonchev–Trinajstić information content (AvgIpc) is 2.49. The molecule has 7 heteroatoms. The lowest BCUT2D eigenvalue weighted by Crippen LogP contribution is -2.46. The van der Waals surface area contributed by atoms with Crippen LogP contribution in [0.25, 0.3) is 0 Å². The Labute approximate surface area is 122 Å². The fourth-order valence-electron chi connectivity index (χ4n) is 1.92. The lowest BCUT2D eigenvalue weighted by atomic mass is 10.1. The van der Waals surface area contributed by atoms with Gasteiger partial charge in [-0.2, -0.15) is 0 Å². The molecule has 7 nitrogen and oxygen atoms in total. The van der Waals surface area contributed by atoms with Gasteiger partial charge in [-0.1, -0.05) is 12.1 Å². The Balaban J connectivity index is 1.76. The van der Waals surface area contributed by atoms with Crippen LogP contribution in [0.4, 0.5) is 0 Å². The first kappa shape index (κ1) is 15.1. The highest BCUT2D eigenvalue weighted by atomic mass is 16.6. The Morgan fingerprint density at radius 1 is 1.38 bits per heavy atom. The molecule has 1 amide bonds. The van der Waals surface area contributed by atoms with Gasteiger partial charge in [0.1, 0.15) is 12.7 Å². The van der Waals surface area contributed by atoms with Crippen molar-refractivity contribution in [1.82, 2.24) is 5.32 Å². The molecule has 0 saturated heterocycles. The number of nitrogens with one attached hydrogen (secondary N) is 1. The zero-order chi connectivity index (χ0) is 15.2. The summed E-state index contributed by atoms with van der Waals surface area (Å²) in [5.74, 6) is -0.0472. The molecule has 0 bridgehead atoms. The summed E-state index contributed by atoms with van der Waals surface area (Å²) in [6.07, 6.45) is -0.327. The third-order valence-electron chi connectivity index (χ3n) is 3.08. The van der Waals surface area contributed by atoms with Crippen LogP contribution in [0.5, 0.6) is 11.5 Å². The molecule has 0 fully saturated rings. The van der Waals surface area contributed by atoms with Crippen LogP contribution in [0.15, 0.2) is 24.3 Å². The number of hydrogen-bond donors (Lipinski definition) is 3. The maximum absolute atomic E-state index is 11.7. The van der Waals surface area contributed by atoms with E-state index in [9.17, 15) is 9.59 Å². The normalized spacial score (nSPS) is 17.9. The Hall–Kier alpha value is -2.28. The van der Waals surface area contributed by atoms with Gasteiger partial charge < -0.3 is 25.6 Å². The van der Waals surface area contributed by atoms with Gasteiger partial charge in [-0.3, -0.25) is 9.59 Å². The minimum absolute atomic E-state index is 0.103. The Bertz CT molecular complexity index is 520. The average molecular weight is 294 g/mol. The maximum atomic E-state index is 11.7. The van der Waals surface area contributed by atoms with E-state index in [4.69, 9.17) is 20.3 Å². The molecule has 4 N–H and O–H groups in total. The van der Waals surface area contributed by atoms with Gasteiger partial charge >= 0.3 is 5.97 Å². The number of carbonyl (C=O) groups excluding carboxylic acids is 1. The lowest BCUT2D eigenvalue weighted by Gasteiger charge is -2.26. The number of benzene rings is 1. The molecule has 0 aromatic heterocycles. The third-order valence-corrected chi connectivity index (χ3v) is 3.08. The van der Waals surface area contributed by atoms with Crippen molar-refractivity contribution in [3.63, 3.8) is 0 Å². The Kier molecular flexibility index (Phi) is 4.99. The van der Waals surface area contributed by atoms with Gasteiger partial charge in [0.05, 0.1) is 12.6 Å². The Morgan fingerprint density at radius 3 is 2.81 bits per heavy atom. The van der Waals surface area contributed by atoms with E-state index in [1.165, 1.54) is 0 Å². The van der Waals surface area contributed by atoms with Crippen LogP contribution in [0, 0.1) is 0 Å². The summed E-state index contributed by atoms with van der Waals surface area (Å²) in [5, 5.41) is 11.2. The smallest absolute Gasteiger partial charge is 0.303 e. The van der Waals surface area contributed by atoms with Crippen molar-refractivity contribution in [1.29, 1.82) is 0 Å². The number of rotatable bonds is 6. The fourth-order valence-corrected chi connectivity index (χ4v) is 1.92. The van der Waals surface area contributed by atoms with E-state index in [-0.39, 0.29) is 25.5 Å². The number of carboxylic acids is 1. The van der Waals surface area contributed by atoms with Crippen molar-refractivity contribution in [3.8, 4) is 11.5 Å². The van der Waals surface area contributed by atoms with Crippen molar-refractivity contribution >= 4 is 11.9 Å². The summed E-state index contributed by atoms with van der Waals surface area (Å²) in [6, 6.07) is 6.46. The van der Waals surface area contributed by atoms with Gasteiger partial charge in [-0.15, -0.1) is 0 Å². The monoisotopic (exact) mass is 294 g/mol. The SMILES string of the molecule is NC(CCC(=O)O)C(=O)NCC1COc2ccccc2O1. The highest BCUT2D eigenvalue weighted by Gasteiger charge is 2.22. The van der Waals surface area contributed by atoms with Crippen molar-refractivity contribution in [2.24, 2.45) is 5.73 Å². The van der Waals surface area contributed by atoms with E-state index < -0.39 is 17.9 Å². The standard InChI is InChI=1S/C14H18N2O5/c15-10(5-6-13(17)18)14(19)16-7-9-8-20-11-3-1-2-4-12(11)21-9/h1-4,9-10H,5-8,15H2,(H,16,19)(H,17,18). The molecule has 1 aromatic rings. The van der Waals surface area contributed by atoms with Gasteiger partial charge in [0, 0.05) is 6.42 Å². The molecule has 0 radical (unpaired) electrons. The van der Waals surface area contributed by atoms with E-state index in [1.54, 1.807) is 6.07 Å². The second kappa shape index (κ2) is 6.94. The summed E-state index contributed by atoms with van der Waals surface area (Å²) >= 11 is 0. The maximum Gasteiger partial charge on any atom is 0.303 e. The molecule has 2 atom stereocenters. The number of aliphatic carboxylic acids is 1. The number of ether oxygens (including phenoxy) is 2. The molecule has 1 aromatic carbocycles. The van der Waals surface area contributed by atoms with E-state index in [0.29, 0.717) is 18.1 Å². The largest absolute Gasteiger partial charge is 0.486 e. The molecule has 114 valence electrons. The van der Waals surface area contributed by atoms with E-state index >= 15 is 0 Å². The topological polar surface area (TPSA) is 111 Å². The second-order valence-corrected chi connectivity index (χ2v) is 4.78. The minimum atomic E-state index is -0.973. The molecule has 21 heavy (non-hydrogen) atoms. The van der Waals surface area contributed by atoms with E-state index in [1.807, 2.05) is 18.2 Å². The minimum Gasteiger partial charge on any atom is -0.486 e. The molecule has 1 heterocycles. The number of para-hydroxylation sites is 2. The van der Waals surface area contributed by atoms with Gasteiger partial charge in [-0.05, 0) is 18.6 Å². The van der Waals surface area contributed by atoms with Crippen LogP contribution in [0.3, 0.4) is 0 Å². The lowest BCUT2D eigenvalue weighted by molar-refractivity contribution is -0.137. The molecule has 0 saturated carbocycles. The number of nitrogens with two attached hydrogens (primary N) is 1. The van der Waals surface area contributed by atoms with Crippen LogP contribution >= 0.6 is 0 Å². The quantitative estimate of drug-likeness (QED) is 0.688. The van der Waals surface area contributed by atoms with Crippen LogP contribution in [0.2, 0.25) is 0 Å². The highest BCUT2D eigenvalue weighted by Crippen LogP contribution is 2.30. The van der Waals surface area contributed by atoms with E-state index in [0.717, 1.165) is 0 Å². The van der Waals surface area contributed by atoms with Crippen molar-refractivity contribution in [2.45, 2.75) is 25.0 Å². The first-order valence-electron chi connectivity index (χ1n) is 6.70. The summed E-state index contributed by atoms with van der Waals surface area (Å²) in [6.45, 7) is 0.593. The predicted molar refractivity (Wildman–Crippen MR) is 74.2 cm³/mol. The van der Waals surface area contributed by atoms with Crippen molar-refractivity contribution in [3.05, 3.63) is 24.3 Å². The third kappa shape index (κ3) is 4.35. The van der Waals surface area contributed by atoms with Gasteiger partial charge in [0.25, 0.3) is 0 Å². The molecule has 1 aliphatic heterocycles. The second-order valence-electron chi connectivity index (χ2n) is 4.78. The summed E-state index contributed by atoms with van der Waals surface area (Å²) in [4.78, 5) is 22.1. The number of fused-ring (bicyclic) bond motifs is 1. The molecule has 2 rings (SSSR count).